The summed E-state index contributed by atoms with van der Waals surface area (Å²) in [6.45, 7) is 6.33. The summed E-state index contributed by atoms with van der Waals surface area (Å²) in [5.74, 6) is 0.973. The van der Waals surface area contributed by atoms with Crippen LogP contribution in [0.25, 0.3) is 11.3 Å². The van der Waals surface area contributed by atoms with Crippen LogP contribution in [-0.4, -0.2) is 16.2 Å². The summed E-state index contributed by atoms with van der Waals surface area (Å²) < 4.78 is 11.9. The van der Waals surface area contributed by atoms with Crippen molar-refractivity contribution in [3.8, 4) is 17.0 Å². The maximum atomic E-state index is 11.1. The van der Waals surface area contributed by atoms with E-state index in [2.05, 4.69) is 12.1 Å². The quantitative estimate of drug-likeness (QED) is 0.211. The molecule has 0 spiro atoms. The first-order valence-electron chi connectivity index (χ1n) is 13.0. The van der Waals surface area contributed by atoms with Crippen molar-refractivity contribution in [2.45, 2.75) is 58.5 Å². The minimum Gasteiger partial charge on any atom is -0.489 e. The Labute approximate surface area is 243 Å². The van der Waals surface area contributed by atoms with Crippen LogP contribution in [0.1, 0.15) is 78.3 Å². The van der Waals surface area contributed by atoms with E-state index in [4.69, 9.17) is 49.2 Å². The van der Waals surface area contributed by atoms with E-state index in [9.17, 15) is 4.79 Å². The van der Waals surface area contributed by atoms with E-state index < -0.39 is 5.97 Å². The summed E-state index contributed by atoms with van der Waals surface area (Å²) in [5, 5.41) is 15.0. The molecule has 0 bridgehead atoms. The summed E-state index contributed by atoms with van der Waals surface area (Å²) in [4.78, 5) is 11.1. The van der Waals surface area contributed by atoms with Crippen LogP contribution in [0.15, 0.2) is 65.2 Å². The topological polar surface area (TPSA) is 72.6 Å². The Morgan fingerprint density at radius 2 is 1.69 bits per heavy atom. The Morgan fingerprint density at radius 1 is 1.03 bits per heavy atom. The molecule has 1 heterocycles. The zero-order chi connectivity index (χ0) is 28.1. The van der Waals surface area contributed by atoms with Crippen molar-refractivity contribution < 1.29 is 19.2 Å². The average molecular weight is 587 g/mol. The lowest BCUT2D eigenvalue weighted by Gasteiger charge is -2.16. The van der Waals surface area contributed by atoms with Crippen LogP contribution < -0.4 is 4.74 Å². The summed E-state index contributed by atoms with van der Waals surface area (Å²) in [5.41, 5.74) is 4.38. The van der Waals surface area contributed by atoms with E-state index in [0.717, 1.165) is 41.7 Å². The third-order valence-corrected chi connectivity index (χ3v) is 7.55. The molecule has 1 aliphatic rings. The molecular weight excluding hydrogens is 557 g/mol. The highest BCUT2D eigenvalue weighted by molar-refractivity contribution is 6.39. The van der Waals surface area contributed by atoms with Crippen molar-refractivity contribution in [1.29, 1.82) is 0 Å². The van der Waals surface area contributed by atoms with Gasteiger partial charge < -0.3 is 14.4 Å². The third-order valence-electron chi connectivity index (χ3n) is 6.60. The van der Waals surface area contributed by atoms with Gasteiger partial charge in [-0.1, -0.05) is 85.0 Å². The van der Waals surface area contributed by atoms with Gasteiger partial charge in [-0.25, -0.2) is 4.79 Å². The van der Waals surface area contributed by atoms with Gasteiger partial charge in [-0.05, 0) is 72.7 Å². The number of benzene rings is 3. The zero-order valence-corrected chi connectivity index (χ0v) is 24.3. The molecule has 0 aliphatic heterocycles. The van der Waals surface area contributed by atoms with Crippen molar-refractivity contribution in [2.75, 3.05) is 0 Å². The Bertz CT molecular complexity index is 1420. The molecule has 0 radical (unpaired) electrons. The van der Waals surface area contributed by atoms with E-state index in [0.29, 0.717) is 38.0 Å². The molecule has 0 amide bonds. The molecule has 0 saturated heterocycles. The molecule has 0 unspecified atom stereocenters. The van der Waals surface area contributed by atoms with Gasteiger partial charge in [0, 0.05) is 16.5 Å². The van der Waals surface area contributed by atoms with Gasteiger partial charge in [0.1, 0.15) is 23.8 Å². The Kier molecular flexibility index (Phi) is 9.60. The van der Waals surface area contributed by atoms with Crippen LogP contribution in [0.2, 0.25) is 15.1 Å². The molecule has 204 valence electrons. The molecule has 1 saturated carbocycles. The van der Waals surface area contributed by atoms with E-state index in [1.54, 1.807) is 30.3 Å². The van der Waals surface area contributed by atoms with Crippen LogP contribution >= 0.6 is 34.8 Å². The van der Waals surface area contributed by atoms with Crippen molar-refractivity contribution in [3.63, 3.8) is 0 Å². The highest BCUT2D eigenvalue weighted by atomic mass is 35.5. The molecule has 1 N–H and O–H groups in total. The Balaban J connectivity index is 0.00000172. The monoisotopic (exact) mass is 585 g/mol. The van der Waals surface area contributed by atoms with E-state index in [-0.39, 0.29) is 18.1 Å². The number of carboxylic acid groups (broad SMARTS) is 1. The number of ether oxygens (including phenoxy) is 1. The molecule has 5 nitrogen and oxygen atoms in total. The van der Waals surface area contributed by atoms with Crippen LogP contribution in [-0.2, 0) is 13.0 Å². The highest BCUT2D eigenvalue weighted by Gasteiger charge is 2.33. The minimum atomic E-state index is -0.934. The lowest BCUT2D eigenvalue weighted by atomic mass is 9.93. The fourth-order valence-corrected chi connectivity index (χ4v) is 5.38. The predicted octanol–water partition coefficient (Wildman–Crippen LogP) is 9.83. The molecule has 4 aromatic rings. The van der Waals surface area contributed by atoms with Crippen molar-refractivity contribution in [3.05, 3.63) is 104 Å². The molecular formula is C31H30Cl3NO4. The second kappa shape index (κ2) is 12.9. The number of carboxylic acids is 1. The van der Waals surface area contributed by atoms with E-state index in [1.807, 2.05) is 44.2 Å². The van der Waals surface area contributed by atoms with E-state index >= 15 is 0 Å². The SMILES string of the molecule is CC.C[C@H](Cc1ccc(C(=O)O)cc1)c1ccc(OCc2c(-c3c(Cl)cccc3Cl)noc2C2CC2)cc1Cl. The summed E-state index contributed by atoms with van der Waals surface area (Å²) in [6, 6.07) is 17.9. The number of aromatic carboxylic acids is 1. The zero-order valence-electron chi connectivity index (χ0n) is 22.0. The minimum absolute atomic E-state index is 0.130. The largest absolute Gasteiger partial charge is 0.489 e. The average Bonchev–Trinajstić information content (AvgIpc) is 3.69. The van der Waals surface area contributed by atoms with Crippen LogP contribution in [0.4, 0.5) is 0 Å². The van der Waals surface area contributed by atoms with Gasteiger partial charge in [-0.2, -0.15) is 0 Å². The van der Waals surface area contributed by atoms with Crippen LogP contribution in [0.5, 0.6) is 5.75 Å². The van der Waals surface area contributed by atoms with Crippen LogP contribution in [0, 0.1) is 0 Å². The van der Waals surface area contributed by atoms with Crippen molar-refractivity contribution in [1.82, 2.24) is 5.16 Å². The molecule has 1 fully saturated rings. The fourth-order valence-electron chi connectivity index (χ4n) is 4.45. The van der Waals surface area contributed by atoms with Gasteiger partial charge >= 0.3 is 5.97 Å². The highest BCUT2D eigenvalue weighted by Crippen LogP contribution is 2.46. The summed E-state index contributed by atoms with van der Waals surface area (Å²) >= 11 is 19.6. The molecule has 39 heavy (non-hydrogen) atoms. The second-order valence-electron chi connectivity index (χ2n) is 9.32. The number of hydrogen-bond acceptors (Lipinski definition) is 4. The van der Waals surface area contributed by atoms with E-state index in [1.165, 1.54) is 0 Å². The smallest absolute Gasteiger partial charge is 0.335 e. The number of nitrogens with zero attached hydrogens (tertiary/aromatic N) is 1. The van der Waals surface area contributed by atoms with Crippen molar-refractivity contribution >= 4 is 40.8 Å². The van der Waals surface area contributed by atoms with Gasteiger partial charge in [-0.15, -0.1) is 0 Å². The maximum absolute atomic E-state index is 11.1. The molecule has 1 atom stereocenters. The standard InChI is InChI=1S/C29H24Cl3NO4.C2H6/c1-16(13-17-5-7-19(8-6-17)29(34)35)21-12-11-20(14-25(21)32)36-15-22-27(33-37-28(22)18-9-10-18)26-23(30)3-2-4-24(26)31;1-2/h2-8,11-12,14,16,18H,9-10,13,15H2,1H3,(H,34,35);1-2H3/t16-;/m1./s1. The third kappa shape index (κ3) is 6.78. The van der Waals surface area contributed by atoms with Gasteiger partial charge in [0.05, 0.1) is 21.2 Å². The number of aromatic nitrogens is 1. The molecule has 8 heteroatoms. The number of rotatable bonds is 9. The number of halogens is 3. The van der Waals surface area contributed by atoms with Gasteiger partial charge in [0.15, 0.2) is 0 Å². The van der Waals surface area contributed by atoms with Gasteiger partial charge in [0.25, 0.3) is 0 Å². The first kappa shape index (κ1) is 29.0. The molecule has 3 aromatic carbocycles. The van der Waals surface area contributed by atoms with Crippen molar-refractivity contribution in [2.24, 2.45) is 0 Å². The Hall–Kier alpha value is -2.99. The lowest BCUT2D eigenvalue weighted by molar-refractivity contribution is 0.0697. The maximum Gasteiger partial charge on any atom is 0.335 e. The van der Waals surface area contributed by atoms with Gasteiger partial charge in [-0.3, -0.25) is 0 Å². The first-order valence-corrected chi connectivity index (χ1v) is 14.1. The summed E-state index contributed by atoms with van der Waals surface area (Å²) in [6.07, 6.45) is 2.83. The van der Waals surface area contributed by atoms with Gasteiger partial charge in [0.2, 0.25) is 0 Å². The number of carbonyl (C=O) groups is 1. The lowest BCUT2D eigenvalue weighted by Crippen LogP contribution is -2.03. The predicted molar refractivity (Wildman–Crippen MR) is 157 cm³/mol. The van der Waals surface area contributed by atoms with Crippen LogP contribution in [0.3, 0.4) is 0 Å². The first-order chi connectivity index (χ1) is 18.8. The second-order valence-corrected chi connectivity index (χ2v) is 10.5. The normalized spacial score (nSPS) is 13.4. The molecule has 1 aromatic heterocycles. The fraction of sp³-hybridized carbons (Fsp3) is 0.290. The molecule has 5 rings (SSSR count). The molecule has 1 aliphatic carbocycles. The number of hydrogen-bond donors (Lipinski definition) is 1. The summed E-state index contributed by atoms with van der Waals surface area (Å²) in [7, 11) is 0. The Morgan fingerprint density at radius 3 is 2.28 bits per heavy atom.